The van der Waals surface area contributed by atoms with Gasteiger partial charge >= 0.3 is 0 Å². The van der Waals surface area contributed by atoms with Crippen LogP contribution in [0.15, 0.2) is 29.6 Å². The van der Waals surface area contributed by atoms with Crippen LogP contribution in [-0.4, -0.2) is 32.4 Å². The van der Waals surface area contributed by atoms with Crippen LogP contribution >= 0.6 is 11.8 Å². The lowest BCUT2D eigenvalue weighted by molar-refractivity contribution is -0.485. The van der Waals surface area contributed by atoms with E-state index in [9.17, 15) is 10.1 Å². The molecule has 2 rings (SSSR count). The van der Waals surface area contributed by atoms with E-state index in [-0.39, 0.29) is 0 Å². The van der Waals surface area contributed by atoms with Crippen LogP contribution < -0.4 is 0 Å². The van der Waals surface area contributed by atoms with Crippen molar-refractivity contribution in [1.29, 1.82) is 0 Å². The van der Waals surface area contributed by atoms with Gasteiger partial charge in [-0.1, -0.05) is 11.8 Å². The predicted octanol–water partition coefficient (Wildman–Crippen LogP) is 1.18. The number of nitro groups is 1. The van der Waals surface area contributed by atoms with Gasteiger partial charge in [-0.2, -0.15) is 0 Å². The lowest BCUT2D eigenvalue weighted by Crippen LogP contribution is -2.24. The highest BCUT2D eigenvalue weighted by atomic mass is 32.2. The molecule has 1 aliphatic rings. The highest BCUT2D eigenvalue weighted by molar-refractivity contribution is 8.14. The van der Waals surface area contributed by atoms with Crippen molar-refractivity contribution in [3.63, 3.8) is 0 Å². The van der Waals surface area contributed by atoms with E-state index in [1.807, 2.05) is 17.0 Å². The first-order valence-corrected chi connectivity index (χ1v) is 5.74. The number of hydrogen-bond donors (Lipinski definition) is 0. The SMILES string of the molecule is O=[N+]([O-])/N=C1\SCCN1Cc1ccncc1. The van der Waals surface area contributed by atoms with Gasteiger partial charge in [0.25, 0.3) is 0 Å². The van der Waals surface area contributed by atoms with Gasteiger partial charge in [-0.3, -0.25) is 4.98 Å². The molecule has 0 unspecified atom stereocenters. The van der Waals surface area contributed by atoms with Crippen molar-refractivity contribution >= 4 is 16.9 Å². The summed E-state index contributed by atoms with van der Waals surface area (Å²) >= 11 is 1.42. The Kier molecular flexibility index (Phi) is 3.35. The largest absolute Gasteiger partial charge is 0.341 e. The van der Waals surface area contributed by atoms with Crippen LogP contribution in [0.25, 0.3) is 0 Å². The zero-order chi connectivity index (χ0) is 11.4. The molecule has 1 fully saturated rings. The van der Waals surface area contributed by atoms with Crippen molar-refractivity contribution < 1.29 is 5.03 Å². The zero-order valence-electron chi connectivity index (χ0n) is 8.44. The number of aromatic nitrogens is 1. The molecule has 1 aromatic rings. The molecule has 0 saturated carbocycles. The van der Waals surface area contributed by atoms with E-state index in [1.165, 1.54) is 11.8 Å². The van der Waals surface area contributed by atoms with Crippen molar-refractivity contribution in [1.82, 2.24) is 9.88 Å². The first-order valence-electron chi connectivity index (χ1n) is 4.75. The predicted molar refractivity (Wildman–Crippen MR) is 61.5 cm³/mol. The lowest BCUT2D eigenvalue weighted by Gasteiger charge is -2.15. The second kappa shape index (κ2) is 4.93. The quantitative estimate of drug-likeness (QED) is 0.584. The third kappa shape index (κ3) is 2.69. The minimum atomic E-state index is -0.646. The third-order valence-corrected chi connectivity index (χ3v) is 3.14. The second-order valence-electron chi connectivity index (χ2n) is 3.25. The number of amidine groups is 1. The second-order valence-corrected chi connectivity index (χ2v) is 4.31. The number of hydrogen-bond acceptors (Lipinski definition) is 4. The fraction of sp³-hybridized carbons (Fsp3) is 0.333. The Balaban J connectivity index is 2.07. The van der Waals surface area contributed by atoms with Crippen molar-refractivity contribution in [3.05, 3.63) is 40.2 Å². The van der Waals surface area contributed by atoms with Crippen LogP contribution in [0.4, 0.5) is 0 Å². The van der Waals surface area contributed by atoms with Gasteiger partial charge in [-0.05, 0) is 17.7 Å². The Bertz CT molecular complexity index is 409. The molecule has 6 nitrogen and oxygen atoms in total. The Hall–Kier alpha value is -1.63. The standard InChI is InChI=1S/C9H10N4O2S/c14-13(15)11-9-12(5-6-16-9)7-8-1-3-10-4-2-8/h1-4H,5-7H2/b11-9-. The molecule has 84 valence electrons. The molecule has 0 amide bonds. The van der Waals surface area contributed by atoms with Gasteiger partial charge in [0.1, 0.15) is 0 Å². The van der Waals surface area contributed by atoms with Crippen LogP contribution in [0.2, 0.25) is 0 Å². The molecule has 0 aliphatic carbocycles. The third-order valence-electron chi connectivity index (χ3n) is 2.15. The van der Waals surface area contributed by atoms with Crippen LogP contribution in [0.1, 0.15) is 5.56 Å². The molecular formula is C9H10N4O2S. The maximum Gasteiger partial charge on any atom is 0.238 e. The number of pyridine rings is 1. The molecule has 0 radical (unpaired) electrons. The molecule has 7 heteroatoms. The van der Waals surface area contributed by atoms with E-state index in [0.717, 1.165) is 17.9 Å². The highest BCUT2D eigenvalue weighted by Crippen LogP contribution is 2.20. The van der Waals surface area contributed by atoms with E-state index in [4.69, 9.17) is 0 Å². The molecule has 1 aromatic heterocycles. The zero-order valence-corrected chi connectivity index (χ0v) is 9.26. The van der Waals surface area contributed by atoms with Crippen molar-refractivity contribution in [2.75, 3.05) is 12.3 Å². The fourth-order valence-corrected chi connectivity index (χ4v) is 2.41. The minimum absolute atomic E-state index is 0.488. The van der Waals surface area contributed by atoms with Gasteiger partial charge in [0.15, 0.2) is 5.03 Å². The smallest absolute Gasteiger partial charge is 0.238 e. The Morgan fingerprint density at radius 3 is 3.00 bits per heavy atom. The molecule has 0 bridgehead atoms. The molecule has 0 atom stereocenters. The van der Waals surface area contributed by atoms with Crippen molar-refractivity contribution in [2.24, 2.45) is 5.10 Å². The van der Waals surface area contributed by atoms with E-state index in [0.29, 0.717) is 11.7 Å². The highest BCUT2D eigenvalue weighted by Gasteiger charge is 2.22. The number of nitrogens with zero attached hydrogens (tertiary/aromatic N) is 4. The molecule has 0 aromatic carbocycles. The van der Waals surface area contributed by atoms with Gasteiger partial charge in [-0.25, -0.2) is 10.1 Å². The summed E-state index contributed by atoms with van der Waals surface area (Å²) in [7, 11) is 0. The normalized spacial score (nSPS) is 18.0. The van der Waals surface area contributed by atoms with E-state index < -0.39 is 5.03 Å². The van der Waals surface area contributed by atoms with Gasteiger partial charge in [0, 0.05) is 31.2 Å². The molecule has 1 saturated heterocycles. The summed E-state index contributed by atoms with van der Waals surface area (Å²) in [5.74, 6) is 0.845. The maximum absolute atomic E-state index is 10.3. The molecule has 1 aliphatic heterocycles. The average Bonchev–Trinajstić information content (AvgIpc) is 2.66. The van der Waals surface area contributed by atoms with Crippen LogP contribution in [0.3, 0.4) is 0 Å². The first kappa shape index (κ1) is 10.9. The molecule has 0 spiro atoms. The summed E-state index contributed by atoms with van der Waals surface area (Å²) < 4.78 is 0. The topological polar surface area (TPSA) is 71.6 Å². The molecule has 0 N–H and O–H groups in total. The maximum atomic E-state index is 10.3. The molecule has 16 heavy (non-hydrogen) atoms. The van der Waals surface area contributed by atoms with E-state index >= 15 is 0 Å². The van der Waals surface area contributed by atoms with E-state index in [2.05, 4.69) is 10.1 Å². The Labute approximate surface area is 96.5 Å². The van der Waals surface area contributed by atoms with Crippen LogP contribution in [0, 0.1) is 10.1 Å². The summed E-state index contributed by atoms with van der Waals surface area (Å²) in [4.78, 5) is 16.2. The minimum Gasteiger partial charge on any atom is -0.341 e. The fourth-order valence-electron chi connectivity index (χ4n) is 1.45. The lowest BCUT2D eigenvalue weighted by atomic mass is 10.2. The molecular weight excluding hydrogens is 228 g/mol. The average molecular weight is 238 g/mol. The van der Waals surface area contributed by atoms with Crippen molar-refractivity contribution in [3.8, 4) is 0 Å². The van der Waals surface area contributed by atoms with Crippen LogP contribution in [-0.2, 0) is 6.54 Å². The Morgan fingerprint density at radius 2 is 2.31 bits per heavy atom. The first-order chi connectivity index (χ1) is 7.75. The summed E-state index contributed by atoms with van der Waals surface area (Å²) in [6, 6.07) is 3.79. The molecule has 2 heterocycles. The van der Waals surface area contributed by atoms with Gasteiger partial charge in [0.2, 0.25) is 5.17 Å². The van der Waals surface area contributed by atoms with Gasteiger partial charge in [0.05, 0.1) is 5.10 Å². The number of thioether (sulfide) groups is 1. The van der Waals surface area contributed by atoms with E-state index in [1.54, 1.807) is 12.4 Å². The summed E-state index contributed by atoms with van der Waals surface area (Å²) in [6.07, 6.45) is 3.42. The monoisotopic (exact) mass is 238 g/mol. The van der Waals surface area contributed by atoms with Gasteiger partial charge in [-0.15, -0.1) is 0 Å². The summed E-state index contributed by atoms with van der Waals surface area (Å²) in [5.41, 5.74) is 1.08. The Morgan fingerprint density at radius 1 is 1.56 bits per heavy atom. The van der Waals surface area contributed by atoms with Crippen LogP contribution in [0.5, 0.6) is 0 Å². The summed E-state index contributed by atoms with van der Waals surface area (Å²) in [6.45, 7) is 1.43. The van der Waals surface area contributed by atoms with Gasteiger partial charge < -0.3 is 4.90 Å². The number of rotatable bonds is 3. The summed E-state index contributed by atoms with van der Waals surface area (Å²) in [5, 5.41) is 13.5. The number of hydrazone groups is 1. The van der Waals surface area contributed by atoms with Crippen molar-refractivity contribution in [2.45, 2.75) is 6.54 Å².